The number of allylic oxidation sites excluding steroid dienone is 1. The average Bonchev–Trinajstić information content (AvgIpc) is 3.57. The Hall–Kier alpha value is -1.15. The molecule has 4 aliphatic heterocycles. The number of nitrogens with zero attached hydrogens (tertiary/aromatic N) is 2. The Morgan fingerprint density at radius 2 is 1.97 bits per heavy atom. The number of carbonyl (C=O) groups excluding carboxylic acids is 1. The molecule has 0 aromatic rings. The summed E-state index contributed by atoms with van der Waals surface area (Å²) in [5.74, 6) is 0.833. The van der Waals surface area contributed by atoms with Gasteiger partial charge in [-0.2, -0.15) is 0 Å². The van der Waals surface area contributed by atoms with Crippen molar-refractivity contribution >= 4 is 6.09 Å². The molecular formula is C25H40N2O5. The van der Waals surface area contributed by atoms with Crippen molar-refractivity contribution < 1.29 is 24.1 Å². The third-order valence-electron chi connectivity index (χ3n) is 8.41. The van der Waals surface area contributed by atoms with Gasteiger partial charge in [0.15, 0.2) is 0 Å². The molecule has 7 nitrogen and oxygen atoms in total. The lowest BCUT2D eigenvalue weighted by Gasteiger charge is -2.46. The second-order valence-corrected chi connectivity index (χ2v) is 11.8. The van der Waals surface area contributed by atoms with Crippen molar-refractivity contribution in [1.29, 1.82) is 0 Å². The predicted molar refractivity (Wildman–Crippen MR) is 120 cm³/mol. The van der Waals surface area contributed by atoms with E-state index in [4.69, 9.17) is 14.2 Å². The van der Waals surface area contributed by atoms with Crippen LogP contribution < -0.4 is 0 Å². The SMILES string of the molecule is CC(C)=CC[C@H]1O[C@]1(C)C1CC(OC(=O)N2CC(CCN3CC(C)(O)C3)C2)CCC12CO2. The normalized spacial score (nSPS) is 40.4. The average molecular weight is 449 g/mol. The third kappa shape index (κ3) is 4.46. The Bertz CT molecular complexity index is 760. The third-order valence-corrected chi connectivity index (χ3v) is 8.41. The summed E-state index contributed by atoms with van der Waals surface area (Å²) < 4.78 is 18.1. The van der Waals surface area contributed by atoms with Gasteiger partial charge in [-0.1, -0.05) is 11.6 Å². The van der Waals surface area contributed by atoms with E-state index in [2.05, 4.69) is 31.7 Å². The van der Waals surface area contributed by atoms with Crippen LogP contribution in [0.4, 0.5) is 4.79 Å². The molecule has 5 atom stereocenters. The molecule has 0 aromatic heterocycles. The maximum atomic E-state index is 12.7. The molecule has 1 amide bonds. The minimum atomic E-state index is -0.508. The van der Waals surface area contributed by atoms with Gasteiger partial charge in [-0.3, -0.25) is 4.90 Å². The first-order valence-electron chi connectivity index (χ1n) is 12.4. The van der Waals surface area contributed by atoms with Crippen molar-refractivity contribution in [2.75, 3.05) is 39.3 Å². The quantitative estimate of drug-likeness (QED) is 0.477. The van der Waals surface area contributed by atoms with Crippen LogP contribution >= 0.6 is 0 Å². The molecule has 180 valence electrons. The second-order valence-electron chi connectivity index (χ2n) is 11.8. The van der Waals surface area contributed by atoms with E-state index in [0.717, 1.165) is 71.4 Å². The Kier molecular flexibility index (Phi) is 5.63. The van der Waals surface area contributed by atoms with Gasteiger partial charge in [-0.15, -0.1) is 0 Å². The maximum absolute atomic E-state index is 12.7. The van der Waals surface area contributed by atoms with Crippen LogP contribution in [0.5, 0.6) is 0 Å². The molecular weight excluding hydrogens is 408 g/mol. The number of carbonyl (C=O) groups is 1. The summed E-state index contributed by atoms with van der Waals surface area (Å²) in [7, 11) is 0. The van der Waals surface area contributed by atoms with Crippen LogP contribution in [0, 0.1) is 11.8 Å². The van der Waals surface area contributed by atoms with Gasteiger partial charge in [0.25, 0.3) is 0 Å². The van der Waals surface area contributed by atoms with E-state index in [1.54, 1.807) is 0 Å². The van der Waals surface area contributed by atoms with Gasteiger partial charge in [0, 0.05) is 32.1 Å². The molecule has 4 saturated heterocycles. The van der Waals surface area contributed by atoms with Gasteiger partial charge < -0.3 is 24.2 Å². The van der Waals surface area contributed by atoms with Gasteiger partial charge >= 0.3 is 6.09 Å². The fraction of sp³-hybridized carbons (Fsp3) is 0.880. The second kappa shape index (κ2) is 7.97. The van der Waals surface area contributed by atoms with Crippen LogP contribution in [0.25, 0.3) is 0 Å². The number of ether oxygens (including phenoxy) is 3. The molecule has 1 N–H and O–H groups in total. The molecule has 1 aliphatic carbocycles. The van der Waals surface area contributed by atoms with Crippen molar-refractivity contribution in [1.82, 2.24) is 9.80 Å². The lowest BCUT2D eigenvalue weighted by atomic mass is 9.70. The number of hydrogen-bond acceptors (Lipinski definition) is 6. The minimum Gasteiger partial charge on any atom is -0.446 e. The molecule has 7 heteroatoms. The monoisotopic (exact) mass is 448 g/mol. The first-order chi connectivity index (χ1) is 15.1. The van der Waals surface area contributed by atoms with E-state index in [9.17, 15) is 9.90 Å². The molecule has 0 bridgehead atoms. The van der Waals surface area contributed by atoms with Crippen LogP contribution in [0.2, 0.25) is 0 Å². The molecule has 1 spiro atoms. The largest absolute Gasteiger partial charge is 0.446 e. The summed E-state index contributed by atoms with van der Waals surface area (Å²) in [6, 6.07) is 0. The van der Waals surface area contributed by atoms with Crippen LogP contribution in [-0.4, -0.2) is 89.3 Å². The van der Waals surface area contributed by atoms with E-state index in [1.807, 2.05) is 11.8 Å². The topological polar surface area (TPSA) is 78.1 Å². The highest BCUT2D eigenvalue weighted by atomic mass is 16.6. The van der Waals surface area contributed by atoms with Crippen molar-refractivity contribution in [2.45, 2.75) is 88.8 Å². The van der Waals surface area contributed by atoms with Crippen molar-refractivity contribution in [2.24, 2.45) is 11.8 Å². The first-order valence-corrected chi connectivity index (χ1v) is 12.4. The van der Waals surface area contributed by atoms with Crippen LogP contribution in [0.15, 0.2) is 11.6 Å². The first kappa shape index (κ1) is 22.6. The zero-order chi connectivity index (χ0) is 22.7. The van der Waals surface area contributed by atoms with E-state index >= 15 is 0 Å². The van der Waals surface area contributed by atoms with Gasteiger partial charge in [-0.25, -0.2) is 4.79 Å². The number of aliphatic hydroxyl groups is 1. The molecule has 5 aliphatic rings. The minimum absolute atomic E-state index is 0.0465. The number of rotatable bonds is 7. The highest BCUT2D eigenvalue weighted by Gasteiger charge is 2.68. The fourth-order valence-corrected chi connectivity index (χ4v) is 6.24. The molecule has 0 radical (unpaired) electrons. The van der Waals surface area contributed by atoms with Gasteiger partial charge in [0.1, 0.15) is 6.10 Å². The zero-order valence-electron chi connectivity index (χ0n) is 20.1. The Balaban J connectivity index is 1.07. The molecule has 1 saturated carbocycles. The van der Waals surface area contributed by atoms with E-state index < -0.39 is 5.60 Å². The summed E-state index contributed by atoms with van der Waals surface area (Å²) in [6.45, 7) is 13.3. The number of likely N-dealkylation sites (tertiary alicyclic amines) is 2. The van der Waals surface area contributed by atoms with Gasteiger partial charge in [0.2, 0.25) is 0 Å². The maximum Gasteiger partial charge on any atom is 0.410 e. The Morgan fingerprint density at radius 1 is 1.25 bits per heavy atom. The molecule has 0 aromatic carbocycles. The van der Waals surface area contributed by atoms with E-state index in [-0.39, 0.29) is 35.4 Å². The Morgan fingerprint density at radius 3 is 2.59 bits per heavy atom. The smallest absolute Gasteiger partial charge is 0.410 e. The summed E-state index contributed by atoms with van der Waals surface area (Å²) in [5.41, 5.74) is 0.587. The van der Waals surface area contributed by atoms with Crippen LogP contribution in [-0.2, 0) is 14.2 Å². The standard InChI is InChI=1S/C25H40N2O5/c1-17(2)5-6-21-24(4,32-21)20-11-19(7-9-25(20)16-30-25)31-22(28)27-12-18(13-27)8-10-26-14-23(3,29)15-26/h5,18-21,29H,6-16H2,1-4H3/t19?,20?,21-,24-,25?/m1/s1. The van der Waals surface area contributed by atoms with Crippen molar-refractivity contribution in [3.63, 3.8) is 0 Å². The van der Waals surface area contributed by atoms with Gasteiger partial charge in [-0.05, 0) is 72.3 Å². The van der Waals surface area contributed by atoms with Crippen LogP contribution in [0.1, 0.15) is 59.8 Å². The van der Waals surface area contributed by atoms with E-state index in [0.29, 0.717) is 5.92 Å². The predicted octanol–water partition coefficient (Wildman–Crippen LogP) is 2.96. The number of epoxide rings is 2. The van der Waals surface area contributed by atoms with E-state index in [1.165, 1.54) is 5.57 Å². The summed E-state index contributed by atoms with van der Waals surface area (Å²) in [4.78, 5) is 16.8. The number of amides is 1. The molecule has 5 rings (SSSR count). The molecule has 3 unspecified atom stereocenters. The Labute approximate surface area is 192 Å². The number of hydrogen-bond donors (Lipinski definition) is 1. The zero-order valence-corrected chi connectivity index (χ0v) is 20.1. The summed E-state index contributed by atoms with van der Waals surface area (Å²) in [6.07, 6.45) is 6.97. The van der Waals surface area contributed by atoms with Crippen molar-refractivity contribution in [3.05, 3.63) is 11.6 Å². The highest BCUT2D eigenvalue weighted by Crippen LogP contribution is 2.59. The lowest BCUT2D eigenvalue weighted by molar-refractivity contribution is -0.0868. The van der Waals surface area contributed by atoms with Gasteiger partial charge in [0.05, 0.1) is 29.5 Å². The van der Waals surface area contributed by atoms with Crippen LogP contribution in [0.3, 0.4) is 0 Å². The summed E-state index contributed by atoms with van der Waals surface area (Å²) in [5, 5.41) is 9.83. The van der Waals surface area contributed by atoms with Crippen molar-refractivity contribution in [3.8, 4) is 0 Å². The fourth-order valence-electron chi connectivity index (χ4n) is 6.24. The summed E-state index contributed by atoms with van der Waals surface area (Å²) >= 11 is 0. The lowest BCUT2D eigenvalue weighted by Crippen LogP contribution is -2.60. The number of β-amino-alcohol motifs (C(OH)–C–C–N with tert-alkyl or cyclic N) is 1. The highest BCUT2D eigenvalue weighted by molar-refractivity contribution is 5.68. The molecule has 5 fully saturated rings. The molecule has 32 heavy (non-hydrogen) atoms. The molecule has 4 heterocycles.